The van der Waals surface area contributed by atoms with Gasteiger partial charge in [-0.2, -0.15) is 13.2 Å². The number of carbonyl (C=O) groups is 1. The summed E-state index contributed by atoms with van der Waals surface area (Å²) in [7, 11) is 0. The zero-order valence-electron chi connectivity index (χ0n) is 10.8. The van der Waals surface area contributed by atoms with E-state index < -0.39 is 35.4 Å². The molecule has 2 rings (SSSR count). The van der Waals surface area contributed by atoms with Crippen molar-refractivity contribution in [2.75, 3.05) is 11.4 Å². The highest BCUT2D eigenvalue weighted by Gasteiger charge is 2.44. The lowest BCUT2D eigenvalue weighted by Gasteiger charge is -2.32. The van der Waals surface area contributed by atoms with Crippen LogP contribution in [0.25, 0.3) is 0 Å². The summed E-state index contributed by atoms with van der Waals surface area (Å²) in [6, 6.07) is 3.63. The van der Waals surface area contributed by atoms with Crippen molar-refractivity contribution in [2.45, 2.75) is 19.0 Å². The number of carbonyl (C=O) groups excluding carboxylic acids is 1. The molecule has 1 aliphatic rings. The third-order valence-corrected chi connectivity index (χ3v) is 3.63. The molecule has 0 spiro atoms. The van der Waals surface area contributed by atoms with E-state index in [0.29, 0.717) is 12.0 Å². The van der Waals surface area contributed by atoms with Crippen molar-refractivity contribution in [3.05, 3.63) is 29.6 Å². The summed E-state index contributed by atoms with van der Waals surface area (Å²) in [5.74, 6) is -3.04. The number of nitrogens with zero attached hydrogens (tertiary/aromatic N) is 1. The largest absolute Gasteiger partial charge is 0.399 e. The number of thiocarbonyl (C=S) groups is 1. The van der Waals surface area contributed by atoms with Crippen molar-refractivity contribution < 1.29 is 22.4 Å². The van der Waals surface area contributed by atoms with Gasteiger partial charge in [0.1, 0.15) is 11.7 Å². The molecule has 1 heterocycles. The summed E-state index contributed by atoms with van der Waals surface area (Å²) >= 11 is 4.45. The number of hydrogen-bond acceptors (Lipinski definition) is 2. The molecule has 1 aromatic carbocycles. The van der Waals surface area contributed by atoms with Gasteiger partial charge in [-0.1, -0.05) is 12.2 Å². The van der Waals surface area contributed by atoms with Crippen molar-refractivity contribution >= 4 is 28.8 Å². The highest BCUT2D eigenvalue weighted by Crippen LogP contribution is 2.33. The Morgan fingerprint density at radius 1 is 1.38 bits per heavy atom. The SMILES string of the molecule is NC(=S)C(CN1C(=O)CCc2cc(F)ccc21)C(F)(F)F. The van der Waals surface area contributed by atoms with Gasteiger partial charge in [-0.15, -0.1) is 0 Å². The maximum Gasteiger partial charge on any atom is 0.399 e. The van der Waals surface area contributed by atoms with Gasteiger partial charge in [-0.05, 0) is 30.2 Å². The Labute approximate surface area is 123 Å². The number of fused-ring (bicyclic) bond motifs is 1. The molecule has 0 saturated heterocycles. The number of nitrogens with two attached hydrogens (primary N) is 1. The van der Waals surface area contributed by atoms with E-state index >= 15 is 0 Å². The number of rotatable bonds is 3. The molecule has 1 unspecified atom stereocenters. The minimum Gasteiger partial charge on any atom is -0.393 e. The number of anilines is 1. The molecular formula is C13H12F4N2OS. The summed E-state index contributed by atoms with van der Waals surface area (Å²) in [6.07, 6.45) is -4.31. The average molecular weight is 320 g/mol. The van der Waals surface area contributed by atoms with Crippen LogP contribution in [0.3, 0.4) is 0 Å². The molecule has 114 valence electrons. The summed E-state index contributed by atoms with van der Waals surface area (Å²) in [5, 5.41) is 0. The van der Waals surface area contributed by atoms with E-state index in [4.69, 9.17) is 5.73 Å². The van der Waals surface area contributed by atoms with E-state index in [1.807, 2.05) is 0 Å². The van der Waals surface area contributed by atoms with Crippen molar-refractivity contribution in [3.63, 3.8) is 0 Å². The summed E-state index contributed by atoms with van der Waals surface area (Å²) in [4.78, 5) is 12.2. The summed E-state index contributed by atoms with van der Waals surface area (Å²) in [6.45, 7) is -0.684. The molecule has 1 amide bonds. The Balaban J connectivity index is 2.35. The fourth-order valence-electron chi connectivity index (χ4n) is 2.27. The fraction of sp³-hybridized carbons (Fsp3) is 0.385. The van der Waals surface area contributed by atoms with Crippen LogP contribution in [0.15, 0.2) is 18.2 Å². The van der Waals surface area contributed by atoms with Gasteiger partial charge < -0.3 is 10.6 Å². The van der Waals surface area contributed by atoms with E-state index in [1.54, 1.807) is 0 Å². The first kappa shape index (κ1) is 15.7. The van der Waals surface area contributed by atoms with E-state index in [0.717, 1.165) is 11.0 Å². The normalized spacial score (nSPS) is 16.6. The minimum atomic E-state index is -4.64. The summed E-state index contributed by atoms with van der Waals surface area (Å²) < 4.78 is 52.0. The molecule has 8 heteroatoms. The van der Waals surface area contributed by atoms with Crippen molar-refractivity contribution in [1.29, 1.82) is 0 Å². The number of halogens is 4. The standard InChI is InChI=1S/C13H12F4N2OS/c14-8-2-3-10-7(5-8)1-4-11(20)19(10)6-9(12(18)21)13(15,16)17/h2-3,5,9H,1,4,6H2,(H2,18,21). The molecule has 0 aliphatic carbocycles. The van der Waals surface area contributed by atoms with Gasteiger partial charge in [0.15, 0.2) is 0 Å². The minimum absolute atomic E-state index is 0.0262. The molecule has 1 atom stereocenters. The second-order valence-electron chi connectivity index (χ2n) is 4.77. The van der Waals surface area contributed by atoms with Crippen LogP contribution >= 0.6 is 12.2 Å². The molecule has 0 radical (unpaired) electrons. The predicted octanol–water partition coefficient (Wildman–Crippen LogP) is 2.57. The first-order valence-corrected chi connectivity index (χ1v) is 6.56. The van der Waals surface area contributed by atoms with Gasteiger partial charge in [0, 0.05) is 18.7 Å². The third kappa shape index (κ3) is 3.31. The monoisotopic (exact) mass is 320 g/mol. The molecule has 0 saturated carbocycles. The van der Waals surface area contributed by atoms with Gasteiger partial charge in [-0.25, -0.2) is 4.39 Å². The van der Waals surface area contributed by atoms with Crippen molar-refractivity contribution in [2.24, 2.45) is 11.7 Å². The van der Waals surface area contributed by atoms with Crippen LogP contribution < -0.4 is 10.6 Å². The topological polar surface area (TPSA) is 46.3 Å². The number of hydrogen-bond donors (Lipinski definition) is 1. The zero-order chi connectivity index (χ0) is 15.8. The van der Waals surface area contributed by atoms with E-state index in [2.05, 4.69) is 12.2 Å². The van der Waals surface area contributed by atoms with Crippen LogP contribution in [0.1, 0.15) is 12.0 Å². The molecule has 3 nitrogen and oxygen atoms in total. The van der Waals surface area contributed by atoms with Crippen molar-refractivity contribution in [3.8, 4) is 0 Å². The maximum atomic E-state index is 13.2. The fourth-order valence-corrected chi connectivity index (χ4v) is 2.47. The molecule has 0 aromatic heterocycles. The Kier molecular flexibility index (Phi) is 4.18. The number of aryl methyl sites for hydroxylation is 1. The van der Waals surface area contributed by atoms with Gasteiger partial charge >= 0.3 is 6.18 Å². The Hall–Kier alpha value is -1.70. The average Bonchev–Trinajstić information content (AvgIpc) is 2.35. The van der Waals surface area contributed by atoms with Crippen LogP contribution in [0, 0.1) is 11.7 Å². The Morgan fingerprint density at radius 3 is 2.62 bits per heavy atom. The highest BCUT2D eigenvalue weighted by molar-refractivity contribution is 7.80. The molecular weight excluding hydrogens is 308 g/mol. The summed E-state index contributed by atoms with van der Waals surface area (Å²) in [5.41, 5.74) is 5.92. The van der Waals surface area contributed by atoms with E-state index in [1.165, 1.54) is 12.1 Å². The van der Waals surface area contributed by atoms with Gasteiger partial charge in [0.2, 0.25) is 5.91 Å². The first-order valence-electron chi connectivity index (χ1n) is 6.15. The molecule has 0 bridgehead atoms. The molecule has 1 aliphatic heterocycles. The van der Waals surface area contributed by atoms with Crippen LogP contribution in [0.5, 0.6) is 0 Å². The second-order valence-corrected chi connectivity index (χ2v) is 5.25. The van der Waals surface area contributed by atoms with E-state index in [9.17, 15) is 22.4 Å². The second kappa shape index (κ2) is 5.59. The highest BCUT2D eigenvalue weighted by atomic mass is 32.1. The Morgan fingerprint density at radius 2 is 2.05 bits per heavy atom. The molecule has 0 fully saturated rings. The smallest absolute Gasteiger partial charge is 0.393 e. The molecule has 2 N–H and O–H groups in total. The van der Waals surface area contributed by atoms with E-state index in [-0.39, 0.29) is 12.1 Å². The quantitative estimate of drug-likeness (QED) is 0.688. The zero-order valence-corrected chi connectivity index (χ0v) is 11.6. The van der Waals surface area contributed by atoms with Crippen molar-refractivity contribution in [1.82, 2.24) is 0 Å². The lowest BCUT2D eigenvalue weighted by Crippen LogP contribution is -2.47. The third-order valence-electron chi connectivity index (χ3n) is 3.35. The van der Waals surface area contributed by atoms with Gasteiger partial charge in [0.25, 0.3) is 0 Å². The van der Waals surface area contributed by atoms with Crippen LogP contribution in [0.4, 0.5) is 23.2 Å². The van der Waals surface area contributed by atoms with Crippen LogP contribution in [-0.2, 0) is 11.2 Å². The predicted molar refractivity (Wildman–Crippen MR) is 73.4 cm³/mol. The Bertz CT molecular complexity index is 588. The van der Waals surface area contributed by atoms with Crippen LogP contribution in [0.2, 0.25) is 0 Å². The number of benzene rings is 1. The number of amides is 1. The van der Waals surface area contributed by atoms with Crippen LogP contribution in [-0.4, -0.2) is 23.6 Å². The first-order chi connectivity index (χ1) is 9.70. The van der Waals surface area contributed by atoms with Gasteiger partial charge in [-0.3, -0.25) is 4.79 Å². The lowest BCUT2D eigenvalue weighted by molar-refractivity contribution is -0.153. The molecule has 21 heavy (non-hydrogen) atoms. The molecule has 1 aromatic rings. The maximum absolute atomic E-state index is 13.2. The van der Waals surface area contributed by atoms with Gasteiger partial charge in [0.05, 0.1) is 4.99 Å². The lowest BCUT2D eigenvalue weighted by atomic mass is 9.99. The number of alkyl halides is 3.